The molecule has 0 fully saturated rings. The summed E-state index contributed by atoms with van der Waals surface area (Å²) in [6.07, 6.45) is 9.48. The molecule has 0 amide bonds. The van der Waals surface area contributed by atoms with Crippen LogP contribution in [-0.4, -0.2) is 14.3 Å². The molecule has 0 aliphatic heterocycles. The van der Waals surface area contributed by atoms with E-state index in [1.165, 1.54) is 44.7 Å². The Morgan fingerprint density at radius 1 is 0.818 bits per heavy atom. The van der Waals surface area contributed by atoms with Gasteiger partial charge in [-0.3, -0.25) is 0 Å². The molecule has 62 valence electrons. The van der Waals surface area contributed by atoms with Crippen molar-refractivity contribution in [3.05, 3.63) is 0 Å². The SMILES string of the molecule is CC[B][B]CCCCCCC. The van der Waals surface area contributed by atoms with E-state index in [2.05, 4.69) is 28.2 Å². The van der Waals surface area contributed by atoms with Gasteiger partial charge in [0.05, 0.1) is 14.3 Å². The van der Waals surface area contributed by atoms with Crippen molar-refractivity contribution in [2.24, 2.45) is 0 Å². The molecule has 0 aromatic carbocycles. The van der Waals surface area contributed by atoms with Crippen molar-refractivity contribution in [3.8, 4) is 0 Å². The van der Waals surface area contributed by atoms with Gasteiger partial charge in [-0.05, 0) is 0 Å². The van der Waals surface area contributed by atoms with Crippen LogP contribution in [0.1, 0.15) is 46.0 Å². The van der Waals surface area contributed by atoms with Gasteiger partial charge in [-0.2, -0.15) is 0 Å². The van der Waals surface area contributed by atoms with E-state index in [0.29, 0.717) is 0 Å². The molecule has 2 radical (unpaired) electrons. The van der Waals surface area contributed by atoms with E-state index in [4.69, 9.17) is 0 Å². The highest BCUT2D eigenvalue weighted by atomic mass is 13.9. The molecule has 0 aromatic rings. The van der Waals surface area contributed by atoms with Crippen molar-refractivity contribution in [3.63, 3.8) is 0 Å². The van der Waals surface area contributed by atoms with Crippen molar-refractivity contribution < 1.29 is 0 Å². The first-order valence-corrected chi connectivity index (χ1v) is 5.06. The van der Waals surface area contributed by atoms with Crippen LogP contribution < -0.4 is 0 Å². The molecular formula is C9H20B2. The first-order chi connectivity index (χ1) is 5.41. The van der Waals surface area contributed by atoms with Crippen LogP contribution in [0.4, 0.5) is 0 Å². The molecule has 0 rings (SSSR count). The summed E-state index contributed by atoms with van der Waals surface area (Å²) < 4.78 is 0. The predicted octanol–water partition coefficient (Wildman–Crippen LogP) is 3.14. The predicted molar refractivity (Wildman–Crippen MR) is 55.6 cm³/mol. The van der Waals surface area contributed by atoms with Gasteiger partial charge in [-0.15, -0.1) is 0 Å². The van der Waals surface area contributed by atoms with E-state index in [0.717, 1.165) is 0 Å². The third-order valence-electron chi connectivity index (χ3n) is 1.88. The number of unbranched alkanes of at least 4 members (excludes halogenated alkanes) is 4. The maximum atomic E-state index is 2.31. The lowest BCUT2D eigenvalue weighted by Gasteiger charge is -1.97. The Labute approximate surface area is 73.6 Å². The fourth-order valence-corrected chi connectivity index (χ4v) is 1.15. The molecule has 0 nitrogen and oxygen atoms in total. The zero-order valence-corrected chi connectivity index (χ0v) is 8.10. The van der Waals surface area contributed by atoms with Crippen LogP contribution >= 0.6 is 0 Å². The second-order valence-corrected chi connectivity index (χ2v) is 3.08. The minimum atomic E-state index is 1.19. The van der Waals surface area contributed by atoms with Crippen LogP contribution in [0.2, 0.25) is 12.6 Å². The second-order valence-electron chi connectivity index (χ2n) is 3.08. The first kappa shape index (κ1) is 11.1. The third-order valence-corrected chi connectivity index (χ3v) is 1.88. The van der Waals surface area contributed by atoms with E-state index in [-0.39, 0.29) is 0 Å². The first-order valence-electron chi connectivity index (χ1n) is 5.06. The van der Waals surface area contributed by atoms with Crippen LogP contribution in [0.15, 0.2) is 0 Å². The van der Waals surface area contributed by atoms with E-state index in [9.17, 15) is 0 Å². The van der Waals surface area contributed by atoms with Crippen molar-refractivity contribution in [2.45, 2.75) is 58.6 Å². The van der Waals surface area contributed by atoms with E-state index >= 15 is 0 Å². The van der Waals surface area contributed by atoms with Crippen LogP contribution in [0.3, 0.4) is 0 Å². The van der Waals surface area contributed by atoms with Gasteiger partial charge < -0.3 is 0 Å². The summed E-state index contributed by atoms with van der Waals surface area (Å²) in [7, 11) is 4.58. The molecule has 0 unspecified atom stereocenters. The lowest BCUT2D eigenvalue weighted by molar-refractivity contribution is 0.656. The van der Waals surface area contributed by atoms with E-state index in [1.807, 2.05) is 0 Å². The topological polar surface area (TPSA) is 0 Å². The maximum absolute atomic E-state index is 2.31. The van der Waals surface area contributed by atoms with Gasteiger partial charge in [0.25, 0.3) is 0 Å². The standard InChI is InChI=1S/C9H20B2/c1-3-5-6-7-8-9-11-10-4-2/h3-9H2,1-2H3. The van der Waals surface area contributed by atoms with Gasteiger partial charge in [0, 0.05) is 0 Å². The van der Waals surface area contributed by atoms with Gasteiger partial charge in [-0.1, -0.05) is 58.6 Å². The summed E-state index contributed by atoms with van der Waals surface area (Å²) >= 11 is 0. The maximum Gasteiger partial charge on any atom is 0.0652 e. The van der Waals surface area contributed by atoms with Gasteiger partial charge >= 0.3 is 0 Å². The second kappa shape index (κ2) is 10.1. The molecule has 11 heavy (non-hydrogen) atoms. The molecule has 0 heterocycles. The fourth-order valence-electron chi connectivity index (χ4n) is 1.15. The highest BCUT2D eigenvalue weighted by Crippen LogP contribution is 2.04. The monoisotopic (exact) mass is 150 g/mol. The lowest BCUT2D eigenvalue weighted by atomic mass is 9.36. The minimum absolute atomic E-state index is 1.19. The normalized spacial score (nSPS) is 9.64. The average Bonchev–Trinajstić information content (AvgIpc) is 2.03. The molecule has 0 aliphatic rings. The summed E-state index contributed by atoms with van der Waals surface area (Å²) in [6, 6.07) is 0. The molecule has 0 N–H and O–H groups in total. The minimum Gasteiger partial charge on any atom is -0.0915 e. The Morgan fingerprint density at radius 3 is 2.18 bits per heavy atom. The smallest absolute Gasteiger partial charge is 0.0652 e. The largest absolute Gasteiger partial charge is 0.0915 e. The number of rotatable bonds is 8. The molecular weight excluding hydrogens is 130 g/mol. The third kappa shape index (κ3) is 10.1. The molecule has 0 aliphatic carbocycles. The Balaban J connectivity index is 2.69. The lowest BCUT2D eigenvalue weighted by Crippen LogP contribution is -2.00. The van der Waals surface area contributed by atoms with Gasteiger partial charge in [-0.25, -0.2) is 0 Å². The molecule has 2 heteroatoms. The van der Waals surface area contributed by atoms with Gasteiger partial charge in [0.1, 0.15) is 0 Å². The number of hydrogen-bond acceptors (Lipinski definition) is 0. The summed E-state index contributed by atoms with van der Waals surface area (Å²) in [5.74, 6) is 0. The fraction of sp³-hybridized carbons (Fsp3) is 1.00. The molecule has 0 bridgehead atoms. The molecule has 0 saturated heterocycles. The zero-order chi connectivity index (χ0) is 8.36. The summed E-state index contributed by atoms with van der Waals surface area (Å²) in [4.78, 5) is 0. The average molecular weight is 150 g/mol. The molecule has 0 aromatic heterocycles. The summed E-state index contributed by atoms with van der Waals surface area (Å²) in [6.45, 7) is 4.45. The van der Waals surface area contributed by atoms with Crippen LogP contribution in [0.5, 0.6) is 0 Å². The van der Waals surface area contributed by atoms with Crippen molar-refractivity contribution in [1.82, 2.24) is 0 Å². The molecule has 0 atom stereocenters. The molecule has 0 spiro atoms. The van der Waals surface area contributed by atoms with Crippen LogP contribution in [0.25, 0.3) is 0 Å². The van der Waals surface area contributed by atoms with E-state index < -0.39 is 0 Å². The van der Waals surface area contributed by atoms with Gasteiger partial charge in [0.15, 0.2) is 0 Å². The summed E-state index contributed by atoms with van der Waals surface area (Å²) in [5, 5.41) is 0. The van der Waals surface area contributed by atoms with Crippen LogP contribution in [0, 0.1) is 0 Å². The quantitative estimate of drug-likeness (QED) is 0.368. The Bertz CT molecular complexity index is 56.6. The van der Waals surface area contributed by atoms with Crippen LogP contribution in [-0.2, 0) is 0 Å². The highest BCUT2D eigenvalue weighted by molar-refractivity contribution is 7.00. The zero-order valence-electron chi connectivity index (χ0n) is 8.10. The Kier molecular flexibility index (Phi) is 10.2. The summed E-state index contributed by atoms with van der Waals surface area (Å²) in [5.41, 5.74) is 0. The van der Waals surface area contributed by atoms with E-state index in [1.54, 1.807) is 0 Å². The highest BCUT2D eigenvalue weighted by Gasteiger charge is 1.91. The van der Waals surface area contributed by atoms with Gasteiger partial charge in [0.2, 0.25) is 0 Å². The van der Waals surface area contributed by atoms with Crippen molar-refractivity contribution >= 4 is 14.3 Å². The Hall–Kier alpha value is 0.130. The molecule has 0 saturated carbocycles. The Morgan fingerprint density at radius 2 is 1.55 bits per heavy atom. The van der Waals surface area contributed by atoms with Crippen molar-refractivity contribution in [2.75, 3.05) is 0 Å². The van der Waals surface area contributed by atoms with Crippen molar-refractivity contribution in [1.29, 1.82) is 0 Å². The number of hydrogen-bond donors (Lipinski definition) is 0.